The lowest BCUT2D eigenvalue weighted by Gasteiger charge is -2.35. The molecule has 34 heavy (non-hydrogen) atoms. The topological polar surface area (TPSA) is 87.5 Å². The number of carbonyl (C=O) groups excluding carboxylic acids is 2. The Kier molecular flexibility index (Phi) is 6.25. The third-order valence-electron chi connectivity index (χ3n) is 6.25. The molecule has 0 bridgehead atoms. The third-order valence-corrected chi connectivity index (χ3v) is 6.50. The highest BCUT2D eigenvalue weighted by Crippen LogP contribution is 2.27. The van der Waals surface area contributed by atoms with Crippen molar-refractivity contribution in [3.8, 4) is 5.69 Å². The van der Waals surface area contributed by atoms with Crippen LogP contribution in [0, 0.1) is 11.7 Å². The minimum Gasteiger partial charge on any atom is -0.340 e. The van der Waals surface area contributed by atoms with Crippen molar-refractivity contribution in [1.82, 2.24) is 30.0 Å². The van der Waals surface area contributed by atoms with Gasteiger partial charge in [-0.3, -0.25) is 14.5 Å². The van der Waals surface area contributed by atoms with Crippen LogP contribution in [0.15, 0.2) is 48.5 Å². The second-order valence-corrected chi connectivity index (χ2v) is 8.91. The lowest BCUT2D eigenvalue weighted by molar-refractivity contribution is -0.137. The van der Waals surface area contributed by atoms with Gasteiger partial charge in [-0.15, -0.1) is 5.10 Å². The quantitative estimate of drug-likeness (QED) is 0.552. The number of amides is 2. The number of tetrazole rings is 1. The Morgan fingerprint density at radius 3 is 2.56 bits per heavy atom. The van der Waals surface area contributed by atoms with E-state index in [-0.39, 0.29) is 24.8 Å². The summed E-state index contributed by atoms with van der Waals surface area (Å²) in [4.78, 5) is 31.1. The fourth-order valence-corrected chi connectivity index (χ4v) is 4.56. The van der Waals surface area contributed by atoms with Crippen molar-refractivity contribution in [2.45, 2.75) is 13.0 Å². The molecule has 0 aliphatic carbocycles. The molecule has 2 aliphatic rings. The normalized spacial score (nSPS) is 19.1. The van der Waals surface area contributed by atoms with E-state index in [4.69, 9.17) is 11.6 Å². The molecule has 0 spiro atoms. The summed E-state index contributed by atoms with van der Waals surface area (Å²) in [6.07, 6.45) is 0.144. The summed E-state index contributed by atoms with van der Waals surface area (Å²) in [6.45, 7) is 3.29. The molecule has 2 aliphatic heterocycles. The van der Waals surface area contributed by atoms with E-state index in [0.29, 0.717) is 49.3 Å². The maximum absolute atomic E-state index is 13.6. The van der Waals surface area contributed by atoms with Crippen LogP contribution in [0.2, 0.25) is 5.02 Å². The lowest BCUT2D eigenvalue weighted by Crippen LogP contribution is -2.50. The van der Waals surface area contributed by atoms with Gasteiger partial charge in [-0.2, -0.15) is 4.68 Å². The summed E-state index contributed by atoms with van der Waals surface area (Å²) >= 11 is 5.97. The van der Waals surface area contributed by atoms with Crippen molar-refractivity contribution in [3.63, 3.8) is 0 Å². The standard InChI is InChI=1S/C23H23ClFN7O2/c24-17-4-6-19(7-5-17)32-21(26-27-28-32)15-29-8-10-30(11-9-29)23(34)16-12-22(33)31(14-16)20-3-1-2-18(25)13-20/h1-7,13,16H,8-12,14-15H2. The summed E-state index contributed by atoms with van der Waals surface area (Å²) in [5.41, 5.74) is 1.32. The first kappa shape index (κ1) is 22.4. The van der Waals surface area contributed by atoms with Crippen LogP contribution in [0.1, 0.15) is 12.2 Å². The van der Waals surface area contributed by atoms with Gasteiger partial charge >= 0.3 is 0 Å². The number of carbonyl (C=O) groups is 2. The zero-order valence-electron chi connectivity index (χ0n) is 18.3. The molecular weight excluding hydrogens is 461 g/mol. The second kappa shape index (κ2) is 9.47. The Morgan fingerprint density at radius 2 is 1.82 bits per heavy atom. The molecule has 0 radical (unpaired) electrons. The minimum atomic E-state index is -0.417. The van der Waals surface area contributed by atoms with Gasteiger partial charge in [0, 0.05) is 49.9 Å². The summed E-state index contributed by atoms with van der Waals surface area (Å²) < 4.78 is 15.2. The van der Waals surface area contributed by atoms with Crippen LogP contribution >= 0.6 is 11.6 Å². The van der Waals surface area contributed by atoms with E-state index in [1.807, 2.05) is 17.0 Å². The molecule has 176 valence electrons. The number of piperazine rings is 1. The van der Waals surface area contributed by atoms with Crippen LogP contribution in [-0.2, 0) is 16.1 Å². The van der Waals surface area contributed by atoms with E-state index in [2.05, 4.69) is 20.4 Å². The fourth-order valence-electron chi connectivity index (χ4n) is 4.44. The van der Waals surface area contributed by atoms with Crippen LogP contribution in [0.25, 0.3) is 5.69 Å². The van der Waals surface area contributed by atoms with E-state index < -0.39 is 11.7 Å². The summed E-state index contributed by atoms with van der Waals surface area (Å²) in [7, 11) is 0. The molecule has 9 nitrogen and oxygen atoms in total. The molecule has 1 aromatic heterocycles. The largest absolute Gasteiger partial charge is 0.340 e. The van der Waals surface area contributed by atoms with Gasteiger partial charge in [0.05, 0.1) is 18.2 Å². The molecule has 0 N–H and O–H groups in total. The molecule has 11 heteroatoms. The van der Waals surface area contributed by atoms with Gasteiger partial charge in [0.15, 0.2) is 5.82 Å². The first-order valence-corrected chi connectivity index (χ1v) is 11.5. The van der Waals surface area contributed by atoms with E-state index in [1.54, 1.807) is 28.9 Å². The molecule has 5 rings (SSSR count). The summed E-state index contributed by atoms with van der Waals surface area (Å²) in [5.74, 6) is -0.304. The molecule has 2 amide bonds. The first-order chi connectivity index (χ1) is 16.5. The van der Waals surface area contributed by atoms with Crippen LogP contribution in [-0.4, -0.2) is 74.5 Å². The van der Waals surface area contributed by atoms with Crippen LogP contribution < -0.4 is 4.90 Å². The van der Waals surface area contributed by atoms with Gasteiger partial charge in [0.1, 0.15) is 5.82 Å². The van der Waals surface area contributed by atoms with E-state index in [1.165, 1.54) is 17.0 Å². The van der Waals surface area contributed by atoms with Gasteiger partial charge in [-0.25, -0.2) is 4.39 Å². The number of halogens is 2. The van der Waals surface area contributed by atoms with Gasteiger partial charge in [0.25, 0.3) is 0 Å². The van der Waals surface area contributed by atoms with Gasteiger partial charge in [-0.05, 0) is 52.9 Å². The van der Waals surface area contributed by atoms with Crippen LogP contribution in [0.4, 0.5) is 10.1 Å². The predicted octanol–water partition coefficient (Wildman–Crippen LogP) is 2.15. The number of hydrogen-bond acceptors (Lipinski definition) is 6. The monoisotopic (exact) mass is 483 g/mol. The van der Waals surface area contributed by atoms with Crippen LogP contribution in [0.5, 0.6) is 0 Å². The minimum absolute atomic E-state index is 0.0297. The molecule has 3 heterocycles. The fraction of sp³-hybridized carbons (Fsp3) is 0.348. The number of rotatable bonds is 5. The van der Waals surface area contributed by atoms with Crippen molar-refractivity contribution in [3.05, 3.63) is 65.2 Å². The van der Waals surface area contributed by atoms with Crippen molar-refractivity contribution in [2.24, 2.45) is 5.92 Å². The molecule has 2 fully saturated rings. The Balaban J connectivity index is 1.17. The molecule has 1 atom stereocenters. The Labute approximate surface area is 200 Å². The average molecular weight is 484 g/mol. The zero-order valence-corrected chi connectivity index (χ0v) is 19.1. The second-order valence-electron chi connectivity index (χ2n) is 8.47. The smallest absolute Gasteiger partial charge is 0.228 e. The molecular formula is C23H23ClFN7O2. The Morgan fingerprint density at radius 1 is 1.06 bits per heavy atom. The van der Waals surface area contributed by atoms with E-state index in [0.717, 1.165) is 5.69 Å². The molecule has 2 saturated heterocycles. The highest BCUT2D eigenvalue weighted by atomic mass is 35.5. The predicted molar refractivity (Wildman–Crippen MR) is 123 cm³/mol. The third kappa shape index (κ3) is 4.64. The Bertz CT molecular complexity index is 1190. The highest BCUT2D eigenvalue weighted by Gasteiger charge is 2.38. The zero-order chi connectivity index (χ0) is 23.7. The number of benzene rings is 2. The first-order valence-electron chi connectivity index (χ1n) is 11.1. The van der Waals surface area contributed by atoms with E-state index >= 15 is 0 Å². The average Bonchev–Trinajstić information content (AvgIpc) is 3.46. The lowest BCUT2D eigenvalue weighted by atomic mass is 10.1. The maximum Gasteiger partial charge on any atom is 0.228 e. The van der Waals surface area contributed by atoms with Crippen molar-refractivity contribution in [2.75, 3.05) is 37.6 Å². The van der Waals surface area contributed by atoms with Crippen molar-refractivity contribution < 1.29 is 14.0 Å². The molecule has 2 aromatic carbocycles. The summed E-state index contributed by atoms with van der Waals surface area (Å²) in [5, 5.41) is 12.7. The van der Waals surface area contributed by atoms with Gasteiger partial charge < -0.3 is 9.80 Å². The summed E-state index contributed by atoms with van der Waals surface area (Å²) in [6, 6.07) is 13.2. The number of nitrogens with zero attached hydrogens (tertiary/aromatic N) is 7. The Hall–Kier alpha value is -3.37. The SMILES string of the molecule is O=C(C1CC(=O)N(c2cccc(F)c2)C1)N1CCN(Cc2nnnn2-c2ccc(Cl)cc2)CC1. The van der Waals surface area contributed by atoms with Crippen molar-refractivity contribution in [1.29, 1.82) is 0 Å². The van der Waals surface area contributed by atoms with Crippen molar-refractivity contribution >= 4 is 29.1 Å². The molecule has 3 aromatic rings. The highest BCUT2D eigenvalue weighted by molar-refractivity contribution is 6.30. The van der Waals surface area contributed by atoms with Gasteiger partial charge in [-0.1, -0.05) is 17.7 Å². The maximum atomic E-state index is 13.6. The molecule has 1 unspecified atom stereocenters. The number of hydrogen-bond donors (Lipinski definition) is 0. The van der Waals surface area contributed by atoms with E-state index in [9.17, 15) is 14.0 Å². The van der Waals surface area contributed by atoms with Crippen LogP contribution in [0.3, 0.4) is 0 Å². The number of aromatic nitrogens is 4. The molecule has 0 saturated carbocycles. The number of anilines is 1. The van der Waals surface area contributed by atoms with Gasteiger partial charge in [0.2, 0.25) is 11.8 Å².